The lowest BCUT2D eigenvalue weighted by Crippen LogP contribution is -2.54. The lowest BCUT2D eigenvalue weighted by atomic mass is 10.1. The van der Waals surface area contributed by atoms with Gasteiger partial charge in [-0.2, -0.15) is 0 Å². The number of rotatable bonds is 8. The van der Waals surface area contributed by atoms with Crippen molar-refractivity contribution in [3.8, 4) is 0 Å². The highest BCUT2D eigenvalue weighted by molar-refractivity contribution is 7.92. The van der Waals surface area contributed by atoms with E-state index in [0.717, 1.165) is 27.3 Å². The average Bonchev–Trinajstić information content (AvgIpc) is 2.69. The number of benzene rings is 2. The predicted octanol–water partition coefficient (Wildman–Crippen LogP) is 3.40. The van der Waals surface area contributed by atoms with Crippen LogP contribution in [0.1, 0.15) is 44.4 Å². The molecule has 7 nitrogen and oxygen atoms in total. The van der Waals surface area contributed by atoms with Crippen LogP contribution < -0.4 is 9.62 Å². The molecule has 1 atom stereocenters. The van der Waals surface area contributed by atoms with Crippen molar-refractivity contribution in [2.45, 2.75) is 59.7 Å². The fourth-order valence-electron chi connectivity index (χ4n) is 3.38. The summed E-state index contributed by atoms with van der Waals surface area (Å²) in [6.07, 6.45) is 1.08. The average molecular weight is 474 g/mol. The number of carbonyl (C=O) groups excluding carboxylic acids is 2. The molecule has 0 saturated heterocycles. The first-order chi connectivity index (χ1) is 15.2. The Morgan fingerprint density at radius 3 is 2.09 bits per heavy atom. The molecule has 0 unspecified atom stereocenters. The van der Waals surface area contributed by atoms with E-state index in [1.165, 1.54) is 4.90 Å². The summed E-state index contributed by atoms with van der Waals surface area (Å²) in [6.45, 7) is 10.8. The molecule has 0 radical (unpaired) electrons. The first-order valence-electron chi connectivity index (χ1n) is 10.9. The highest BCUT2D eigenvalue weighted by Gasteiger charge is 2.31. The van der Waals surface area contributed by atoms with E-state index < -0.39 is 34.1 Å². The van der Waals surface area contributed by atoms with E-state index in [0.29, 0.717) is 5.69 Å². The number of aryl methyl sites for hydroxylation is 2. The summed E-state index contributed by atoms with van der Waals surface area (Å²) in [5.74, 6) is -0.759. The molecule has 0 fully saturated rings. The van der Waals surface area contributed by atoms with Gasteiger partial charge in [-0.05, 0) is 58.7 Å². The zero-order chi connectivity index (χ0) is 25.0. The van der Waals surface area contributed by atoms with Crippen molar-refractivity contribution in [1.29, 1.82) is 0 Å². The first-order valence-corrected chi connectivity index (χ1v) is 12.7. The topological polar surface area (TPSA) is 86.8 Å². The van der Waals surface area contributed by atoms with Gasteiger partial charge in [0.2, 0.25) is 21.8 Å². The van der Waals surface area contributed by atoms with Gasteiger partial charge in [0.25, 0.3) is 0 Å². The van der Waals surface area contributed by atoms with Gasteiger partial charge in [0.15, 0.2) is 0 Å². The van der Waals surface area contributed by atoms with Gasteiger partial charge >= 0.3 is 0 Å². The van der Waals surface area contributed by atoms with Gasteiger partial charge in [-0.1, -0.05) is 48.0 Å². The molecule has 0 aliphatic heterocycles. The third-order valence-corrected chi connectivity index (χ3v) is 6.33. The number of amides is 2. The predicted molar refractivity (Wildman–Crippen MR) is 132 cm³/mol. The molecule has 0 aliphatic carbocycles. The SMILES string of the molecule is Cc1ccc(CN(C(=O)CN(c2ccccc2C)S(C)(=O)=O)[C@@H](C)C(=O)NC(C)(C)C)cc1. The second-order valence-corrected chi connectivity index (χ2v) is 11.4. The summed E-state index contributed by atoms with van der Waals surface area (Å²) >= 11 is 0. The lowest BCUT2D eigenvalue weighted by molar-refractivity contribution is -0.140. The van der Waals surface area contributed by atoms with Crippen molar-refractivity contribution >= 4 is 27.5 Å². The molecule has 0 bridgehead atoms. The third kappa shape index (κ3) is 7.60. The Morgan fingerprint density at radius 1 is 1.00 bits per heavy atom. The number of para-hydroxylation sites is 1. The zero-order valence-corrected chi connectivity index (χ0v) is 21.4. The number of carbonyl (C=O) groups is 2. The second-order valence-electron chi connectivity index (χ2n) is 9.48. The summed E-state index contributed by atoms with van der Waals surface area (Å²) in [4.78, 5) is 27.9. The van der Waals surface area contributed by atoms with E-state index in [1.807, 2.05) is 58.0 Å². The van der Waals surface area contributed by atoms with Crippen LogP contribution in [0.15, 0.2) is 48.5 Å². The molecule has 0 heterocycles. The molecule has 180 valence electrons. The quantitative estimate of drug-likeness (QED) is 0.637. The summed E-state index contributed by atoms with van der Waals surface area (Å²) in [5, 5.41) is 2.91. The molecule has 2 amide bonds. The van der Waals surface area contributed by atoms with Crippen LogP contribution in [0.3, 0.4) is 0 Å². The molecule has 1 N–H and O–H groups in total. The Hall–Kier alpha value is -2.87. The monoisotopic (exact) mass is 473 g/mol. The van der Waals surface area contributed by atoms with E-state index in [1.54, 1.807) is 32.0 Å². The van der Waals surface area contributed by atoms with Crippen molar-refractivity contribution in [2.75, 3.05) is 17.1 Å². The molecular formula is C25H35N3O4S. The summed E-state index contributed by atoms with van der Waals surface area (Å²) < 4.78 is 26.3. The van der Waals surface area contributed by atoms with Gasteiger partial charge < -0.3 is 10.2 Å². The van der Waals surface area contributed by atoms with Crippen molar-refractivity contribution < 1.29 is 18.0 Å². The Morgan fingerprint density at radius 2 is 1.58 bits per heavy atom. The molecule has 2 rings (SSSR count). The minimum absolute atomic E-state index is 0.184. The van der Waals surface area contributed by atoms with Crippen LogP contribution in [0.25, 0.3) is 0 Å². The minimum Gasteiger partial charge on any atom is -0.350 e. The van der Waals surface area contributed by atoms with E-state index in [2.05, 4.69) is 5.32 Å². The van der Waals surface area contributed by atoms with E-state index in [4.69, 9.17) is 0 Å². The van der Waals surface area contributed by atoms with Crippen molar-refractivity contribution in [3.05, 3.63) is 65.2 Å². The van der Waals surface area contributed by atoms with E-state index in [9.17, 15) is 18.0 Å². The largest absolute Gasteiger partial charge is 0.350 e. The Labute approximate surface area is 197 Å². The molecule has 2 aromatic carbocycles. The molecular weight excluding hydrogens is 438 g/mol. The number of anilines is 1. The molecule has 2 aromatic rings. The normalized spacial score (nSPS) is 12.7. The summed E-state index contributed by atoms with van der Waals surface area (Å²) in [7, 11) is -3.74. The molecule has 0 saturated carbocycles. The number of sulfonamides is 1. The maximum Gasteiger partial charge on any atom is 0.244 e. The maximum atomic E-state index is 13.5. The smallest absolute Gasteiger partial charge is 0.244 e. The van der Waals surface area contributed by atoms with Crippen LogP contribution in [0.4, 0.5) is 5.69 Å². The fraction of sp³-hybridized carbons (Fsp3) is 0.440. The van der Waals surface area contributed by atoms with Crippen LogP contribution in [-0.4, -0.2) is 49.5 Å². The molecule has 33 heavy (non-hydrogen) atoms. The lowest BCUT2D eigenvalue weighted by Gasteiger charge is -2.33. The van der Waals surface area contributed by atoms with Crippen molar-refractivity contribution in [3.63, 3.8) is 0 Å². The Bertz CT molecular complexity index is 1090. The minimum atomic E-state index is -3.74. The number of hydrogen-bond acceptors (Lipinski definition) is 4. The van der Waals surface area contributed by atoms with Crippen molar-refractivity contribution in [1.82, 2.24) is 10.2 Å². The van der Waals surface area contributed by atoms with Crippen LogP contribution in [0.2, 0.25) is 0 Å². The van der Waals surface area contributed by atoms with Gasteiger partial charge in [-0.15, -0.1) is 0 Å². The van der Waals surface area contributed by atoms with Crippen LogP contribution in [0, 0.1) is 13.8 Å². The number of nitrogens with one attached hydrogen (secondary N) is 1. The molecule has 0 spiro atoms. The highest BCUT2D eigenvalue weighted by atomic mass is 32.2. The van der Waals surface area contributed by atoms with Crippen molar-refractivity contribution in [2.24, 2.45) is 0 Å². The molecule has 0 aliphatic rings. The molecule has 8 heteroatoms. The standard InChI is InChI=1S/C25H35N3O4S/c1-18-12-14-21(15-13-18)16-27(20(3)24(30)26-25(4,5)6)23(29)17-28(33(7,31)32)22-11-9-8-10-19(22)2/h8-15,20H,16-17H2,1-7H3,(H,26,30)/t20-/m0/s1. The maximum absolute atomic E-state index is 13.5. The van der Waals surface area contributed by atoms with E-state index >= 15 is 0 Å². The van der Waals surface area contributed by atoms with Crippen LogP contribution in [-0.2, 0) is 26.2 Å². The highest BCUT2D eigenvalue weighted by Crippen LogP contribution is 2.23. The van der Waals surface area contributed by atoms with Gasteiger partial charge in [-0.3, -0.25) is 13.9 Å². The second kappa shape index (κ2) is 10.4. The van der Waals surface area contributed by atoms with Gasteiger partial charge in [0.05, 0.1) is 11.9 Å². The number of hydrogen-bond donors (Lipinski definition) is 1. The van der Waals surface area contributed by atoms with Crippen LogP contribution in [0.5, 0.6) is 0 Å². The Kier molecular flexibility index (Phi) is 8.30. The molecule has 0 aromatic heterocycles. The summed E-state index contributed by atoms with van der Waals surface area (Å²) in [6, 6.07) is 13.9. The van der Waals surface area contributed by atoms with Gasteiger partial charge in [-0.25, -0.2) is 8.42 Å². The summed E-state index contributed by atoms with van der Waals surface area (Å²) in [5.41, 5.74) is 2.64. The fourth-order valence-corrected chi connectivity index (χ4v) is 4.29. The number of nitrogens with zero attached hydrogens (tertiary/aromatic N) is 2. The first kappa shape index (κ1) is 26.4. The zero-order valence-electron chi connectivity index (χ0n) is 20.5. The van der Waals surface area contributed by atoms with Gasteiger partial charge in [0.1, 0.15) is 12.6 Å². The van der Waals surface area contributed by atoms with Crippen LogP contribution >= 0.6 is 0 Å². The van der Waals surface area contributed by atoms with E-state index in [-0.39, 0.29) is 12.5 Å². The van der Waals surface area contributed by atoms with Gasteiger partial charge in [0, 0.05) is 12.1 Å². The third-order valence-electron chi connectivity index (χ3n) is 5.20. The Balaban J connectivity index is 2.41.